The summed E-state index contributed by atoms with van der Waals surface area (Å²) in [5.74, 6) is 5.48. The first-order chi connectivity index (χ1) is 13.9. The molecule has 0 aromatic heterocycles. The van der Waals surface area contributed by atoms with E-state index < -0.39 is 6.04 Å². The highest BCUT2D eigenvalue weighted by molar-refractivity contribution is 6.00. The van der Waals surface area contributed by atoms with Crippen LogP contribution >= 0.6 is 0 Å². The smallest absolute Gasteiger partial charge is 0.243 e. The number of hydrogen-bond acceptors (Lipinski definition) is 6. The van der Waals surface area contributed by atoms with Gasteiger partial charge in [-0.3, -0.25) is 24.6 Å². The molecule has 0 aliphatic carbocycles. The van der Waals surface area contributed by atoms with E-state index >= 15 is 0 Å². The molecule has 1 aromatic rings. The molecule has 1 heterocycles. The summed E-state index contributed by atoms with van der Waals surface area (Å²) in [6.45, 7) is 1.23. The third-order valence-corrected chi connectivity index (χ3v) is 4.63. The lowest BCUT2D eigenvalue weighted by Crippen LogP contribution is -2.51. The number of nitrogens with zero attached hydrogens (tertiary/aromatic N) is 2. The van der Waals surface area contributed by atoms with Crippen LogP contribution in [0.15, 0.2) is 18.2 Å². The maximum Gasteiger partial charge on any atom is 0.243 e. The number of piperidine rings is 1. The van der Waals surface area contributed by atoms with Crippen LogP contribution in [0.3, 0.4) is 0 Å². The third kappa shape index (κ3) is 7.06. The van der Waals surface area contributed by atoms with Crippen LogP contribution in [0.1, 0.15) is 40.7 Å². The van der Waals surface area contributed by atoms with Crippen molar-refractivity contribution in [2.45, 2.75) is 31.8 Å². The maximum atomic E-state index is 12.5. The zero-order valence-electron chi connectivity index (χ0n) is 16.7. The van der Waals surface area contributed by atoms with Crippen molar-refractivity contribution in [3.05, 3.63) is 34.9 Å². The van der Waals surface area contributed by atoms with Gasteiger partial charge in [0.2, 0.25) is 11.8 Å². The zero-order chi connectivity index (χ0) is 21.2. The van der Waals surface area contributed by atoms with E-state index in [0.29, 0.717) is 48.7 Å². The van der Waals surface area contributed by atoms with Crippen LogP contribution in [-0.4, -0.2) is 68.0 Å². The molecule has 2 rings (SSSR count). The summed E-state index contributed by atoms with van der Waals surface area (Å²) in [7, 11) is 3.12. The monoisotopic (exact) mass is 403 g/mol. The number of nitrogens with one attached hydrogen (secondary N) is 1. The minimum absolute atomic E-state index is 0.200. The molecule has 1 N–H and O–H groups in total. The fourth-order valence-electron chi connectivity index (χ4n) is 3.04. The molecule has 0 radical (unpaired) electrons. The Labute approximate surface area is 170 Å². The fourth-order valence-corrected chi connectivity index (χ4v) is 3.04. The van der Waals surface area contributed by atoms with Gasteiger partial charge < -0.3 is 4.74 Å². The molecular formula is C21H26FN3O4. The average Bonchev–Trinajstić information content (AvgIpc) is 2.67. The van der Waals surface area contributed by atoms with Gasteiger partial charge in [-0.25, -0.2) is 0 Å². The van der Waals surface area contributed by atoms with E-state index in [9.17, 15) is 18.9 Å². The topological polar surface area (TPSA) is 79.0 Å². The van der Waals surface area contributed by atoms with E-state index in [2.05, 4.69) is 17.2 Å². The second-order valence-electron chi connectivity index (χ2n) is 6.87. The van der Waals surface area contributed by atoms with Crippen LogP contribution in [0.4, 0.5) is 4.48 Å². The van der Waals surface area contributed by atoms with Gasteiger partial charge in [0.05, 0.1) is 25.8 Å². The van der Waals surface area contributed by atoms with Crippen LogP contribution in [0.25, 0.3) is 0 Å². The lowest BCUT2D eigenvalue weighted by Gasteiger charge is -2.30. The second-order valence-corrected chi connectivity index (χ2v) is 6.87. The maximum absolute atomic E-state index is 12.5. The molecule has 2 amide bonds. The fraction of sp³-hybridized carbons (Fsp3) is 0.476. The Bertz CT molecular complexity index is 801. The van der Waals surface area contributed by atoms with Crippen molar-refractivity contribution in [3.63, 3.8) is 0 Å². The Morgan fingerprint density at radius 3 is 2.79 bits per heavy atom. The van der Waals surface area contributed by atoms with Gasteiger partial charge in [0.25, 0.3) is 0 Å². The van der Waals surface area contributed by atoms with Gasteiger partial charge in [-0.15, -0.1) is 9.60 Å². The highest BCUT2D eigenvalue weighted by Crippen LogP contribution is 2.19. The van der Waals surface area contributed by atoms with Crippen molar-refractivity contribution >= 4 is 18.1 Å². The number of likely N-dealkylation sites (N-methyl/N-ethyl adjacent to an activating group) is 2. The molecule has 1 aromatic carbocycles. The van der Waals surface area contributed by atoms with Crippen molar-refractivity contribution in [2.24, 2.45) is 0 Å². The van der Waals surface area contributed by atoms with E-state index in [1.165, 1.54) is 7.05 Å². The van der Waals surface area contributed by atoms with Gasteiger partial charge >= 0.3 is 0 Å². The average molecular weight is 403 g/mol. The van der Waals surface area contributed by atoms with Gasteiger partial charge in [0.1, 0.15) is 6.29 Å². The molecule has 29 heavy (non-hydrogen) atoms. The molecule has 0 bridgehead atoms. The molecular weight excluding hydrogens is 377 g/mol. The normalized spacial score (nSPS) is 16.5. The van der Waals surface area contributed by atoms with E-state index in [1.54, 1.807) is 19.2 Å². The summed E-state index contributed by atoms with van der Waals surface area (Å²) >= 11 is 0. The number of halogens is 1. The first-order valence-electron chi connectivity index (χ1n) is 9.47. The molecule has 1 fully saturated rings. The summed E-state index contributed by atoms with van der Waals surface area (Å²) in [6.07, 6.45) is 1.98. The standard InChI is InChI=1S/C21H26FN3O4/c1-24(19-9-10-20(27)23-21(19)28)14-18-16(7-5-8-17(18)15-26)6-3-4-12-29-13-11-25(2)22/h5,7-8,15,19H,4,9-14H2,1-2H3,(H,23,27,28). The van der Waals surface area contributed by atoms with Gasteiger partial charge in [0.15, 0.2) is 0 Å². The number of imide groups is 1. The molecule has 8 heteroatoms. The highest BCUT2D eigenvalue weighted by Gasteiger charge is 2.30. The van der Waals surface area contributed by atoms with Crippen LogP contribution in [0, 0.1) is 11.8 Å². The Kier molecular flexibility index (Phi) is 8.93. The second kappa shape index (κ2) is 11.4. The molecule has 1 aliphatic rings. The van der Waals surface area contributed by atoms with Gasteiger partial charge in [0, 0.05) is 37.6 Å². The van der Waals surface area contributed by atoms with Crippen LogP contribution in [-0.2, 0) is 20.9 Å². The quantitative estimate of drug-likeness (QED) is 0.220. The summed E-state index contributed by atoms with van der Waals surface area (Å²) in [6, 6.07) is 4.86. The van der Waals surface area contributed by atoms with Gasteiger partial charge in [-0.1, -0.05) is 24.0 Å². The molecule has 7 nitrogen and oxygen atoms in total. The first kappa shape index (κ1) is 22.7. The SMILES string of the molecule is CN(F)CCOCCC#Cc1cccc(C=O)c1CN(C)C1CCC(=O)NC1=O. The number of aldehydes is 1. The van der Waals surface area contributed by atoms with Crippen molar-refractivity contribution in [1.29, 1.82) is 0 Å². The lowest BCUT2D eigenvalue weighted by atomic mass is 9.99. The molecule has 0 spiro atoms. The highest BCUT2D eigenvalue weighted by atomic mass is 19.2. The molecule has 0 saturated carbocycles. The number of rotatable bonds is 9. The van der Waals surface area contributed by atoms with Crippen LogP contribution in [0.5, 0.6) is 0 Å². The summed E-state index contributed by atoms with van der Waals surface area (Å²) in [5, 5.41) is 2.90. The Morgan fingerprint density at radius 2 is 2.10 bits per heavy atom. The first-order valence-corrected chi connectivity index (χ1v) is 9.47. The minimum atomic E-state index is -0.435. The van der Waals surface area contributed by atoms with Crippen molar-refractivity contribution in [2.75, 3.05) is 33.9 Å². The molecule has 1 unspecified atom stereocenters. The van der Waals surface area contributed by atoms with Crippen LogP contribution in [0.2, 0.25) is 0 Å². The Balaban J connectivity index is 2.04. The molecule has 156 valence electrons. The molecule has 1 atom stereocenters. The summed E-state index contributed by atoms with van der Waals surface area (Å²) < 4.78 is 17.8. The zero-order valence-corrected chi connectivity index (χ0v) is 16.7. The molecule has 1 aliphatic heterocycles. The van der Waals surface area contributed by atoms with Crippen molar-refractivity contribution in [3.8, 4) is 11.8 Å². The Hall–Kier alpha value is -2.60. The number of carbonyl (C=O) groups excluding carboxylic acids is 3. The predicted octanol–water partition coefficient (Wildman–Crippen LogP) is 1.31. The van der Waals surface area contributed by atoms with Crippen molar-refractivity contribution in [1.82, 2.24) is 15.3 Å². The largest absolute Gasteiger partial charge is 0.379 e. The van der Waals surface area contributed by atoms with E-state index in [-0.39, 0.29) is 25.0 Å². The summed E-state index contributed by atoms with van der Waals surface area (Å²) in [5.41, 5.74) is 1.96. The van der Waals surface area contributed by atoms with E-state index in [4.69, 9.17) is 4.74 Å². The van der Waals surface area contributed by atoms with Crippen molar-refractivity contribution < 1.29 is 23.6 Å². The summed E-state index contributed by atoms with van der Waals surface area (Å²) in [4.78, 5) is 36.8. The number of hydrogen-bond donors (Lipinski definition) is 1. The van der Waals surface area contributed by atoms with E-state index in [1.807, 2.05) is 11.0 Å². The number of amides is 2. The number of ether oxygens (including phenoxy) is 1. The number of benzene rings is 1. The predicted molar refractivity (Wildman–Crippen MR) is 106 cm³/mol. The van der Waals surface area contributed by atoms with Gasteiger partial charge in [-0.2, -0.15) is 0 Å². The Morgan fingerprint density at radius 1 is 1.31 bits per heavy atom. The van der Waals surface area contributed by atoms with Crippen LogP contribution < -0.4 is 5.32 Å². The van der Waals surface area contributed by atoms with Gasteiger partial charge in [-0.05, 0) is 25.1 Å². The third-order valence-electron chi connectivity index (χ3n) is 4.63. The number of carbonyl (C=O) groups is 3. The van der Waals surface area contributed by atoms with E-state index in [0.717, 1.165) is 11.8 Å². The minimum Gasteiger partial charge on any atom is -0.379 e. The molecule has 1 saturated heterocycles. The lowest BCUT2D eigenvalue weighted by molar-refractivity contribution is -0.137.